The molecule has 37 heavy (non-hydrogen) atoms. The van der Waals surface area contributed by atoms with Gasteiger partial charge in [-0.3, -0.25) is 0 Å². The first-order valence-corrected chi connectivity index (χ1v) is 12.9. The number of anilines is 2. The van der Waals surface area contributed by atoms with E-state index >= 15 is 0 Å². The number of aliphatic hydroxyl groups is 1. The largest absolute Gasteiger partial charge is 0.573 e. The van der Waals surface area contributed by atoms with Crippen LogP contribution in [-0.4, -0.2) is 47.2 Å². The Morgan fingerprint density at radius 3 is 2.57 bits per heavy atom. The SMILES string of the molecule is OCCCN[C@@H]1[C@@H]2CC3C[C@H]1C[C@@](CNc1nc(NCc4ccccc4OC(F)(F)F)ncc1F)(C3)C2. The molecule has 4 fully saturated rings. The van der Waals surface area contributed by atoms with Crippen molar-refractivity contribution in [3.05, 3.63) is 41.8 Å². The molecule has 4 N–H and O–H groups in total. The first-order chi connectivity index (χ1) is 17.7. The van der Waals surface area contributed by atoms with E-state index < -0.39 is 12.2 Å². The van der Waals surface area contributed by atoms with Gasteiger partial charge in [0.25, 0.3) is 0 Å². The summed E-state index contributed by atoms with van der Waals surface area (Å²) in [7, 11) is 0. The van der Waals surface area contributed by atoms with Gasteiger partial charge >= 0.3 is 6.36 Å². The number of para-hydroxylation sites is 1. The Kier molecular flexibility index (Phi) is 7.44. The molecule has 0 amide bonds. The van der Waals surface area contributed by atoms with Crippen molar-refractivity contribution in [1.82, 2.24) is 15.3 Å². The number of ether oxygens (including phenoxy) is 1. The highest BCUT2D eigenvalue weighted by Gasteiger charge is 2.55. The van der Waals surface area contributed by atoms with Gasteiger partial charge in [0.05, 0.1) is 6.20 Å². The summed E-state index contributed by atoms with van der Waals surface area (Å²) in [4.78, 5) is 8.22. The zero-order valence-corrected chi connectivity index (χ0v) is 20.5. The summed E-state index contributed by atoms with van der Waals surface area (Å²) in [6.45, 7) is 1.63. The summed E-state index contributed by atoms with van der Waals surface area (Å²) in [5.41, 5.74) is 0.378. The van der Waals surface area contributed by atoms with Gasteiger partial charge in [-0.25, -0.2) is 9.37 Å². The van der Waals surface area contributed by atoms with E-state index in [1.165, 1.54) is 31.0 Å². The Hall–Kier alpha value is -2.66. The zero-order chi connectivity index (χ0) is 26.0. The van der Waals surface area contributed by atoms with Crippen molar-refractivity contribution in [2.45, 2.75) is 57.5 Å². The van der Waals surface area contributed by atoms with Crippen LogP contribution in [0.3, 0.4) is 0 Å². The highest BCUT2D eigenvalue weighted by Crippen LogP contribution is 2.60. The van der Waals surface area contributed by atoms with Crippen molar-refractivity contribution in [1.29, 1.82) is 0 Å². The summed E-state index contributed by atoms with van der Waals surface area (Å²) in [5, 5.41) is 18.9. The van der Waals surface area contributed by atoms with E-state index in [1.807, 2.05) is 0 Å². The van der Waals surface area contributed by atoms with Crippen molar-refractivity contribution < 1.29 is 27.4 Å². The first kappa shape index (κ1) is 26.0. The number of hydrogen-bond donors (Lipinski definition) is 4. The van der Waals surface area contributed by atoms with E-state index in [0.29, 0.717) is 30.3 Å². The molecule has 1 heterocycles. The smallest absolute Gasteiger partial charge is 0.405 e. The molecule has 11 heteroatoms. The van der Waals surface area contributed by atoms with Gasteiger partial charge in [-0.05, 0) is 74.3 Å². The molecule has 0 spiro atoms. The van der Waals surface area contributed by atoms with Gasteiger partial charge in [0, 0.05) is 31.3 Å². The van der Waals surface area contributed by atoms with Crippen LogP contribution in [0.15, 0.2) is 30.5 Å². The van der Waals surface area contributed by atoms with Gasteiger partial charge in [-0.15, -0.1) is 13.2 Å². The second-order valence-corrected chi connectivity index (χ2v) is 10.8. The molecule has 7 nitrogen and oxygen atoms in total. The van der Waals surface area contributed by atoms with E-state index in [-0.39, 0.29) is 41.6 Å². The Bertz CT molecular complexity index is 1070. The van der Waals surface area contributed by atoms with Crippen LogP contribution in [0.5, 0.6) is 5.75 Å². The predicted octanol–water partition coefficient (Wildman–Crippen LogP) is 4.71. The Morgan fingerprint density at radius 2 is 1.84 bits per heavy atom. The van der Waals surface area contributed by atoms with Crippen LogP contribution in [0, 0.1) is 29.0 Å². The lowest BCUT2D eigenvalue weighted by molar-refractivity contribution is -0.274. The number of nitrogens with zero attached hydrogens (tertiary/aromatic N) is 2. The van der Waals surface area contributed by atoms with Gasteiger partial charge in [0.2, 0.25) is 5.95 Å². The summed E-state index contributed by atoms with van der Waals surface area (Å²) in [6, 6.07) is 6.30. The second kappa shape index (κ2) is 10.6. The zero-order valence-electron chi connectivity index (χ0n) is 20.5. The highest BCUT2D eigenvalue weighted by molar-refractivity contribution is 5.43. The van der Waals surface area contributed by atoms with Gasteiger partial charge in [0.1, 0.15) is 5.75 Å². The quantitative estimate of drug-likeness (QED) is 0.251. The van der Waals surface area contributed by atoms with E-state index in [0.717, 1.165) is 38.4 Å². The minimum atomic E-state index is -4.80. The molecule has 1 unspecified atom stereocenters. The number of aromatic nitrogens is 2. The summed E-state index contributed by atoms with van der Waals surface area (Å²) >= 11 is 0. The molecule has 0 saturated heterocycles. The average molecular weight is 524 g/mol. The lowest BCUT2D eigenvalue weighted by atomic mass is 9.48. The van der Waals surface area contributed by atoms with Crippen LogP contribution in [0.1, 0.15) is 44.1 Å². The second-order valence-electron chi connectivity index (χ2n) is 10.8. The topological polar surface area (TPSA) is 91.3 Å². The highest BCUT2D eigenvalue weighted by atomic mass is 19.4. The molecule has 202 valence electrons. The van der Waals surface area contributed by atoms with Crippen LogP contribution in [0.4, 0.5) is 29.3 Å². The van der Waals surface area contributed by atoms with Crippen LogP contribution in [0.2, 0.25) is 0 Å². The van der Waals surface area contributed by atoms with Crippen LogP contribution in [-0.2, 0) is 6.54 Å². The average Bonchev–Trinajstić information content (AvgIpc) is 2.84. The number of nitrogens with one attached hydrogen (secondary N) is 3. The molecule has 6 rings (SSSR count). The van der Waals surface area contributed by atoms with Crippen molar-refractivity contribution in [2.24, 2.45) is 23.2 Å². The van der Waals surface area contributed by atoms with E-state index in [4.69, 9.17) is 5.11 Å². The summed E-state index contributed by atoms with van der Waals surface area (Å²) < 4.78 is 56.8. The molecule has 4 aliphatic carbocycles. The van der Waals surface area contributed by atoms with E-state index in [9.17, 15) is 17.6 Å². The number of rotatable bonds is 11. The molecule has 4 saturated carbocycles. The summed E-state index contributed by atoms with van der Waals surface area (Å²) in [6.07, 6.45) is 2.77. The maximum atomic E-state index is 14.6. The lowest BCUT2D eigenvalue weighted by Crippen LogP contribution is -2.59. The van der Waals surface area contributed by atoms with Gasteiger partial charge in [-0.2, -0.15) is 4.98 Å². The Morgan fingerprint density at radius 1 is 1.08 bits per heavy atom. The Labute approximate surface area is 213 Å². The normalized spacial score (nSPS) is 28.4. The number of alkyl halides is 3. The molecule has 0 aliphatic heterocycles. The number of aliphatic hydroxyl groups excluding tert-OH is 1. The summed E-state index contributed by atoms with van der Waals surface area (Å²) in [5.74, 6) is 1.21. The van der Waals surface area contributed by atoms with Crippen LogP contribution < -0.4 is 20.7 Å². The van der Waals surface area contributed by atoms with Crippen molar-refractivity contribution in [3.8, 4) is 5.75 Å². The maximum absolute atomic E-state index is 14.6. The van der Waals surface area contributed by atoms with Crippen molar-refractivity contribution in [3.63, 3.8) is 0 Å². The van der Waals surface area contributed by atoms with Gasteiger partial charge in [0.15, 0.2) is 11.6 Å². The van der Waals surface area contributed by atoms with Crippen LogP contribution in [0.25, 0.3) is 0 Å². The number of benzene rings is 1. The maximum Gasteiger partial charge on any atom is 0.573 e. The molecular formula is C26H33F4N5O2. The number of halogens is 4. The minimum absolute atomic E-state index is 0.0169. The fourth-order valence-electron chi connectivity index (χ4n) is 6.99. The van der Waals surface area contributed by atoms with Gasteiger partial charge in [-0.1, -0.05) is 18.2 Å². The van der Waals surface area contributed by atoms with Gasteiger partial charge < -0.3 is 25.8 Å². The fourth-order valence-corrected chi connectivity index (χ4v) is 6.99. The third kappa shape index (κ3) is 6.09. The van der Waals surface area contributed by atoms with Crippen molar-refractivity contribution in [2.75, 3.05) is 30.3 Å². The van der Waals surface area contributed by atoms with Crippen LogP contribution >= 0.6 is 0 Å². The molecule has 4 aliphatic rings. The molecule has 0 radical (unpaired) electrons. The molecule has 5 atom stereocenters. The van der Waals surface area contributed by atoms with E-state index in [2.05, 4.69) is 30.7 Å². The number of hydrogen-bond acceptors (Lipinski definition) is 7. The molecule has 1 aromatic heterocycles. The standard InChI is InChI=1S/C26H33F4N5O2/c27-20-14-33-24(32-13-17-4-1-2-5-21(17)37-26(28,29)30)35-23(20)34-15-25-10-16-8-18(11-25)22(19(9-16)12-25)31-6-3-7-36/h1-2,4-5,14,16,18-19,22,31,36H,3,6-13,15H2,(H2,32,33,34,35)/t16?,18-,19+,22-,25-. The monoisotopic (exact) mass is 523 g/mol. The predicted molar refractivity (Wildman–Crippen MR) is 130 cm³/mol. The Balaban J connectivity index is 1.21. The molecular weight excluding hydrogens is 490 g/mol. The van der Waals surface area contributed by atoms with E-state index in [1.54, 1.807) is 6.07 Å². The third-order valence-corrected chi connectivity index (χ3v) is 8.13. The van der Waals surface area contributed by atoms with Crippen molar-refractivity contribution >= 4 is 11.8 Å². The fraction of sp³-hybridized carbons (Fsp3) is 0.615. The molecule has 1 aromatic carbocycles. The minimum Gasteiger partial charge on any atom is -0.405 e. The first-order valence-electron chi connectivity index (χ1n) is 12.9. The lowest BCUT2D eigenvalue weighted by Gasteiger charge is -2.60. The molecule has 4 bridgehead atoms. The third-order valence-electron chi connectivity index (χ3n) is 8.13. The molecule has 2 aromatic rings.